The van der Waals surface area contributed by atoms with E-state index in [1.165, 1.54) is 63.4 Å². The molecular formula is C29H48O. The Hall–Kier alpha value is -0.560. The average molecular weight is 413 g/mol. The van der Waals surface area contributed by atoms with Crippen molar-refractivity contribution in [3.8, 4) is 0 Å². The molecule has 3 fully saturated rings. The van der Waals surface area contributed by atoms with Crippen molar-refractivity contribution in [1.29, 1.82) is 0 Å². The Balaban J connectivity index is 1.50. The minimum absolute atomic E-state index is 0.156. The van der Waals surface area contributed by atoms with Gasteiger partial charge in [-0.1, -0.05) is 52.3 Å². The van der Waals surface area contributed by atoms with Crippen molar-refractivity contribution in [2.75, 3.05) is 0 Å². The molecule has 170 valence electrons. The molecule has 0 amide bonds. The van der Waals surface area contributed by atoms with Crippen LogP contribution in [0.4, 0.5) is 0 Å². The fraction of sp³-hybridized carbons (Fsp3) is 0.862. The van der Waals surface area contributed by atoms with Gasteiger partial charge in [0.2, 0.25) is 0 Å². The van der Waals surface area contributed by atoms with E-state index in [-0.39, 0.29) is 11.5 Å². The molecule has 30 heavy (non-hydrogen) atoms. The quantitative estimate of drug-likeness (QED) is 0.454. The molecule has 4 aliphatic carbocycles. The van der Waals surface area contributed by atoms with Gasteiger partial charge in [0, 0.05) is 0 Å². The van der Waals surface area contributed by atoms with Gasteiger partial charge >= 0.3 is 0 Å². The lowest BCUT2D eigenvalue weighted by molar-refractivity contribution is -0.0589. The van der Waals surface area contributed by atoms with E-state index in [0.29, 0.717) is 11.3 Å². The van der Waals surface area contributed by atoms with Crippen LogP contribution in [0.2, 0.25) is 0 Å². The van der Waals surface area contributed by atoms with E-state index in [2.05, 4.69) is 53.7 Å². The molecule has 0 aromatic heterocycles. The molecule has 0 heterocycles. The van der Waals surface area contributed by atoms with Gasteiger partial charge < -0.3 is 5.11 Å². The number of hydrogen-bond donors (Lipinski definition) is 1. The topological polar surface area (TPSA) is 20.2 Å². The molecule has 0 saturated heterocycles. The van der Waals surface area contributed by atoms with E-state index in [1.807, 2.05) is 0 Å². The molecule has 0 unspecified atom stereocenters. The number of allylic oxidation sites excluding steroid dienone is 3. The van der Waals surface area contributed by atoms with Crippen LogP contribution in [0.15, 0.2) is 23.3 Å². The van der Waals surface area contributed by atoms with Crippen LogP contribution in [-0.4, -0.2) is 11.2 Å². The lowest BCUT2D eigenvalue weighted by atomic mass is 9.47. The van der Waals surface area contributed by atoms with Crippen LogP contribution in [0.25, 0.3) is 0 Å². The minimum atomic E-state index is -0.156. The molecule has 0 aliphatic heterocycles. The van der Waals surface area contributed by atoms with Crippen LogP contribution in [0.3, 0.4) is 0 Å². The van der Waals surface area contributed by atoms with Gasteiger partial charge in [-0.3, -0.25) is 0 Å². The lowest BCUT2D eigenvalue weighted by Crippen LogP contribution is -2.51. The fourth-order valence-electron chi connectivity index (χ4n) is 9.12. The molecule has 1 N–H and O–H groups in total. The van der Waals surface area contributed by atoms with Crippen LogP contribution < -0.4 is 0 Å². The summed E-state index contributed by atoms with van der Waals surface area (Å²) in [7, 11) is 0. The number of hydrogen-bond acceptors (Lipinski definition) is 1. The zero-order valence-electron chi connectivity index (χ0n) is 20.7. The summed E-state index contributed by atoms with van der Waals surface area (Å²) in [6.45, 7) is 14.7. The van der Waals surface area contributed by atoms with Gasteiger partial charge in [-0.2, -0.15) is 0 Å². The van der Waals surface area contributed by atoms with E-state index in [4.69, 9.17) is 0 Å². The molecule has 4 rings (SSSR count). The zero-order valence-corrected chi connectivity index (χ0v) is 20.7. The van der Waals surface area contributed by atoms with Gasteiger partial charge in [0.25, 0.3) is 0 Å². The van der Waals surface area contributed by atoms with Gasteiger partial charge in [-0.05, 0) is 123 Å². The monoisotopic (exact) mass is 412 g/mol. The Bertz CT molecular complexity index is 686. The van der Waals surface area contributed by atoms with Gasteiger partial charge in [0.1, 0.15) is 0 Å². The highest BCUT2D eigenvalue weighted by molar-refractivity contribution is 5.27. The average Bonchev–Trinajstić information content (AvgIpc) is 3.05. The molecule has 8 atom stereocenters. The molecule has 1 heteroatoms. The summed E-state index contributed by atoms with van der Waals surface area (Å²) < 4.78 is 0. The predicted octanol–water partition coefficient (Wildman–Crippen LogP) is 7.94. The van der Waals surface area contributed by atoms with Crippen LogP contribution in [0, 0.1) is 46.3 Å². The summed E-state index contributed by atoms with van der Waals surface area (Å²) in [5, 5.41) is 10.7. The Morgan fingerprint density at radius 3 is 2.57 bits per heavy atom. The Kier molecular flexibility index (Phi) is 6.35. The van der Waals surface area contributed by atoms with Crippen LogP contribution in [0.1, 0.15) is 106 Å². The SMILES string of the molecule is C/C=C(/CC[C@@H](C)[C@H]1CC[C@H]2[C@@H]3CC=C4[C@@H](O)CCC[C@]4(C)[C@H]3CC[C@]12C)C(C)C. The van der Waals surface area contributed by atoms with E-state index in [9.17, 15) is 5.11 Å². The van der Waals surface area contributed by atoms with Gasteiger partial charge in [0.15, 0.2) is 0 Å². The number of rotatable bonds is 5. The largest absolute Gasteiger partial charge is 0.389 e. The third-order valence-corrected chi connectivity index (χ3v) is 10.8. The van der Waals surface area contributed by atoms with Crippen LogP contribution in [0.5, 0.6) is 0 Å². The van der Waals surface area contributed by atoms with E-state index in [1.54, 1.807) is 5.57 Å². The maximum absolute atomic E-state index is 10.7. The van der Waals surface area contributed by atoms with Crippen molar-refractivity contribution in [2.24, 2.45) is 46.3 Å². The first-order chi connectivity index (χ1) is 14.2. The van der Waals surface area contributed by atoms with Crippen molar-refractivity contribution >= 4 is 0 Å². The van der Waals surface area contributed by atoms with Gasteiger partial charge in [0.05, 0.1) is 6.10 Å². The second-order valence-corrected chi connectivity index (χ2v) is 12.4. The summed E-state index contributed by atoms with van der Waals surface area (Å²) >= 11 is 0. The highest BCUT2D eigenvalue weighted by atomic mass is 16.3. The van der Waals surface area contributed by atoms with Crippen molar-refractivity contribution < 1.29 is 5.11 Å². The summed E-state index contributed by atoms with van der Waals surface area (Å²) in [4.78, 5) is 0. The van der Waals surface area contributed by atoms with Crippen molar-refractivity contribution in [1.82, 2.24) is 0 Å². The number of aliphatic hydroxyl groups excluding tert-OH is 1. The first kappa shape index (κ1) is 22.6. The highest BCUT2D eigenvalue weighted by Crippen LogP contribution is 2.67. The fourth-order valence-corrected chi connectivity index (χ4v) is 9.12. The van der Waals surface area contributed by atoms with Crippen LogP contribution >= 0.6 is 0 Å². The molecular weight excluding hydrogens is 364 g/mol. The van der Waals surface area contributed by atoms with E-state index in [0.717, 1.165) is 36.0 Å². The van der Waals surface area contributed by atoms with Crippen molar-refractivity contribution in [3.05, 3.63) is 23.3 Å². The molecule has 1 nitrogen and oxygen atoms in total. The minimum Gasteiger partial charge on any atom is -0.389 e. The molecule has 3 saturated carbocycles. The van der Waals surface area contributed by atoms with Gasteiger partial charge in [-0.25, -0.2) is 0 Å². The summed E-state index contributed by atoms with van der Waals surface area (Å²) in [5.74, 6) is 5.02. The van der Waals surface area contributed by atoms with Gasteiger partial charge in [-0.15, -0.1) is 0 Å². The Morgan fingerprint density at radius 1 is 1.10 bits per heavy atom. The predicted molar refractivity (Wildman–Crippen MR) is 128 cm³/mol. The molecule has 0 radical (unpaired) electrons. The molecule has 0 aromatic carbocycles. The third kappa shape index (κ3) is 3.56. The highest BCUT2D eigenvalue weighted by Gasteiger charge is 2.59. The summed E-state index contributed by atoms with van der Waals surface area (Å²) in [5.41, 5.74) is 3.90. The van der Waals surface area contributed by atoms with E-state index < -0.39 is 0 Å². The summed E-state index contributed by atoms with van der Waals surface area (Å²) in [6, 6.07) is 0. The second kappa shape index (κ2) is 8.42. The zero-order chi connectivity index (χ0) is 21.7. The smallest absolute Gasteiger partial charge is 0.0755 e. The lowest BCUT2D eigenvalue weighted by Gasteiger charge is -2.58. The van der Waals surface area contributed by atoms with Crippen LogP contribution in [-0.2, 0) is 0 Å². The maximum Gasteiger partial charge on any atom is 0.0755 e. The van der Waals surface area contributed by atoms with Crippen molar-refractivity contribution in [2.45, 2.75) is 112 Å². The Labute approximate surface area is 186 Å². The first-order valence-electron chi connectivity index (χ1n) is 13.3. The maximum atomic E-state index is 10.7. The second-order valence-electron chi connectivity index (χ2n) is 12.4. The van der Waals surface area contributed by atoms with E-state index >= 15 is 0 Å². The standard InChI is InChI=1S/C29H48O/c1-7-21(19(2)3)11-10-20(4)23-14-15-24-22-12-13-26-27(30)9-8-17-28(26,5)25(22)16-18-29(23,24)6/h7,13,19-20,22-25,27,30H,8-12,14-18H2,1-6H3/b21-7-/t20-,22+,23-,24+,25+,27+,28-,29-/m1/s1. The molecule has 0 bridgehead atoms. The molecule has 0 aromatic rings. The molecule has 4 aliphatic rings. The third-order valence-electron chi connectivity index (χ3n) is 10.8. The first-order valence-corrected chi connectivity index (χ1v) is 13.3. The molecule has 0 spiro atoms. The summed E-state index contributed by atoms with van der Waals surface area (Å²) in [6.07, 6.45) is 17.9. The Morgan fingerprint density at radius 2 is 1.87 bits per heavy atom. The van der Waals surface area contributed by atoms with Crippen molar-refractivity contribution in [3.63, 3.8) is 0 Å². The normalized spacial score (nSPS) is 44.9. The number of fused-ring (bicyclic) bond motifs is 5. The number of aliphatic hydroxyl groups is 1.